The Balaban J connectivity index is 1.82. The van der Waals surface area contributed by atoms with Gasteiger partial charge in [0.15, 0.2) is 0 Å². The summed E-state index contributed by atoms with van der Waals surface area (Å²) in [4.78, 5) is 11.8. The van der Waals surface area contributed by atoms with Crippen molar-refractivity contribution in [2.75, 3.05) is 13.2 Å². The van der Waals surface area contributed by atoms with Crippen LogP contribution in [0.4, 0.5) is 8.78 Å². The molecule has 110 valence electrons. The average molecular weight is 284 g/mol. The largest absolute Gasteiger partial charge is 0.488 e. The average Bonchev–Trinajstić information content (AvgIpc) is 2.97. The van der Waals surface area contributed by atoms with Crippen LogP contribution in [0, 0.1) is 0 Å². The van der Waals surface area contributed by atoms with E-state index in [2.05, 4.69) is 10.6 Å². The third-order valence-corrected chi connectivity index (χ3v) is 3.12. The van der Waals surface area contributed by atoms with Gasteiger partial charge in [-0.25, -0.2) is 8.78 Å². The molecule has 0 radical (unpaired) electrons. The molecule has 0 aromatic heterocycles. The number of carbonyl (C=O) groups is 1. The predicted octanol–water partition coefficient (Wildman–Crippen LogP) is 1.70. The molecular formula is C14H18F2N2O2. The molecular weight excluding hydrogens is 266 g/mol. The van der Waals surface area contributed by atoms with Crippen LogP contribution in [0.5, 0.6) is 5.75 Å². The maximum Gasteiger partial charge on any atom is 0.272 e. The van der Waals surface area contributed by atoms with Crippen LogP contribution in [0.25, 0.3) is 0 Å². The van der Waals surface area contributed by atoms with Gasteiger partial charge in [-0.3, -0.25) is 4.79 Å². The maximum atomic E-state index is 12.1. The van der Waals surface area contributed by atoms with Gasteiger partial charge in [0.25, 0.3) is 6.43 Å². The number of hydrogen-bond donors (Lipinski definition) is 2. The Hall–Kier alpha value is -1.69. The number of amides is 1. The molecule has 1 amide bonds. The Morgan fingerprint density at radius 2 is 2.35 bits per heavy atom. The highest BCUT2D eigenvalue weighted by Crippen LogP contribution is 2.14. The zero-order valence-electron chi connectivity index (χ0n) is 11.1. The van der Waals surface area contributed by atoms with Crippen molar-refractivity contribution in [1.29, 1.82) is 0 Å². The Kier molecular flexibility index (Phi) is 5.29. The molecule has 1 aliphatic rings. The lowest BCUT2D eigenvalue weighted by atomic mass is 10.2. The first kappa shape index (κ1) is 14.7. The van der Waals surface area contributed by atoms with Crippen LogP contribution in [0.15, 0.2) is 24.3 Å². The van der Waals surface area contributed by atoms with E-state index in [1.54, 1.807) is 18.2 Å². The van der Waals surface area contributed by atoms with Crippen molar-refractivity contribution >= 4 is 5.91 Å². The van der Waals surface area contributed by atoms with Gasteiger partial charge >= 0.3 is 0 Å². The number of hydrogen-bond acceptors (Lipinski definition) is 3. The molecule has 4 nitrogen and oxygen atoms in total. The van der Waals surface area contributed by atoms with Gasteiger partial charge < -0.3 is 15.4 Å². The maximum absolute atomic E-state index is 12.1. The fourth-order valence-electron chi connectivity index (χ4n) is 2.13. The second-order valence-electron chi connectivity index (χ2n) is 4.72. The van der Waals surface area contributed by atoms with Crippen LogP contribution in [0.3, 0.4) is 0 Å². The highest BCUT2D eigenvalue weighted by Gasteiger charge is 2.21. The summed E-state index contributed by atoms with van der Waals surface area (Å²) in [6, 6.07) is 6.69. The summed E-state index contributed by atoms with van der Waals surface area (Å²) in [5.41, 5.74) is 0.822. The van der Waals surface area contributed by atoms with Crippen LogP contribution in [-0.4, -0.2) is 31.5 Å². The first-order valence-corrected chi connectivity index (χ1v) is 6.66. The predicted molar refractivity (Wildman–Crippen MR) is 70.8 cm³/mol. The van der Waals surface area contributed by atoms with Crippen LogP contribution >= 0.6 is 0 Å². The number of ether oxygens (including phenoxy) is 1. The zero-order valence-corrected chi connectivity index (χ0v) is 11.1. The van der Waals surface area contributed by atoms with Crippen molar-refractivity contribution in [3.05, 3.63) is 29.8 Å². The number of benzene rings is 1. The molecule has 0 saturated carbocycles. The molecule has 0 spiro atoms. The molecule has 1 saturated heterocycles. The van der Waals surface area contributed by atoms with E-state index in [4.69, 9.17) is 4.74 Å². The molecule has 1 heterocycles. The van der Waals surface area contributed by atoms with Crippen molar-refractivity contribution < 1.29 is 18.3 Å². The monoisotopic (exact) mass is 284 g/mol. The molecule has 1 atom stereocenters. The van der Waals surface area contributed by atoms with Crippen molar-refractivity contribution in [1.82, 2.24) is 10.6 Å². The highest BCUT2D eigenvalue weighted by molar-refractivity contribution is 5.81. The van der Waals surface area contributed by atoms with Gasteiger partial charge in [0.1, 0.15) is 12.4 Å². The summed E-state index contributed by atoms with van der Waals surface area (Å²) in [6.45, 7) is 0.611. The van der Waals surface area contributed by atoms with E-state index < -0.39 is 13.0 Å². The minimum atomic E-state index is -2.49. The van der Waals surface area contributed by atoms with E-state index in [1.165, 1.54) is 0 Å². The smallest absolute Gasteiger partial charge is 0.272 e. The van der Waals surface area contributed by atoms with Crippen molar-refractivity contribution in [2.45, 2.75) is 31.9 Å². The normalized spacial score (nSPS) is 18.2. The molecule has 6 heteroatoms. The highest BCUT2D eigenvalue weighted by atomic mass is 19.3. The zero-order chi connectivity index (χ0) is 14.4. The van der Waals surface area contributed by atoms with E-state index in [0.29, 0.717) is 12.3 Å². The molecule has 0 aliphatic carbocycles. The Bertz CT molecular complexity index is 449. The lowest BCUT2D eigenvalue weighted by molar-refractivity contribution is -0.122. The number of carbonyl (C=O) groups excluding carboxylic acids is 1. The molecule has 1 aromatic rings. The van der Waals surface area contributed by atoms with E-state index in [-0.39, 0.29) is 11.9 Å². The molecule has 1 fully saturated rings. The van der Waals surface area contributed by atoms with Crippen LogP contribution < -0.4 is 15.4 Å². The molecule has 1 unspecified atom stereocenters. The van der Waals surface area contributed by atoms with Gasteiger partial charge in [0.05, 0.1) is 6.04 Å². The van der Waals surface area contributed by atoms with Gasteiger partial charge in [0.2, 0.25) is 5.91 Å². The van der Waals surface area contributed by atoms with Gasteiger partial charge in [0, 0.05) is 6.54 Å². The molecule has 1 aliphatic heterocycles. The second-order valence-corrected chi connectivity index (χ2v) is 4.72. The Labute approximate surface area is 116 Å². The topological polar surface area (TPSA) is 50.4 Å². The van der Waals surface area contributed by atoms with Crippen LogP contribution in [0.1, 0.15) is 18.4 Å². The summed E-state index contributed by atoms with van der Waals surface area (Å²) < 4.78 is 29.1. The third kappa shape index (κ3) is 4.45. The Morgan fingerprint density at radius 1 is 1.50 bits per heavy atom. The van der Waals surface area contributed by atoms with E-state index in [9.17, 15) is 13.6 Å². The summed E-state index contributed by atoms with van der Waals surface area (Å²) in [6.07, 6.45) is -0.634. The fourth-order valence-corrected chi connectivity index (χ4v) is 2.13. The van der Waals surface area contributed by atoms with Crippen molar-refractivity contribution in [2.24, 2.45) is 0 Å². The van der Waals surface area contributed by atoms with E-state index in [1.807, 2.05) is 6.07 Å². The quantitative estimate of drug-likeness (QED) is 0.836. The molecule has 1 aromatic carbocycles. The molecule has 2 N–H and O–H groups in total. The number of nitrogens with one attached hydrogen (secondary N) is 2. The summed E-state index contributed by atoms with van der Waals surface area (Å²) in [5, 5.41) is 5.94. The number of alkyl halides is 2. The minimum absolute atomic E-state index is 0.0265. The summed E-state index contributed by atoms with van der Waals surface area (Å²) in [7, 11) is 0. The number of rotatable bonds is 6. The minimum Gasteiger partial charge on any atom is -0.488 e. The lowest BCUT2D eigenvalue weighted by Gasteiger charge is -2.12. The molecule has 20 heavy (non-hydrogen) atoms. The first-order valence-electron chi connectivity index (χ1n) is 6.66. The lowest BCUT2D eigenvalue weighted by Crippen LogP contribution is -2.39. The second kappa shape index (κ2) is 7.19. The summed E-state index contributed by atoms with van der Waals surface area (Å²) in [5.74, 6) is 0.359. The van der Waals surface area contributed by atoms with Crippen molar-refractivity contribution in [3.63, 3.8) is 0 Å². The van der Waals surface area contributed by atoms with Gasteiger partial charge in [-0.2, -0.15) is 0 Å². The van der Waals surface area contributed by atoms with E-state index in [0.717, 1.165) is 24.9 Å². The molecule has 0 bridgehead atoms. The third-order valence-electron chi connectivity index (χ3n) is 3.12. The summed E-state index contributed by atoms with van der Waals surface area (Å²) >= 11 is 0. The fraction of sp³-hybridized carbons (Fsp3) is 0.500. The van der Waals surface area contributed by atoms with Crippen molar-refractivity contribution in [3.8, 4) is 5.75 Å². The SMILES string of the molecule is O=C(NCc1cccc(OCC(F)F)c1)C1CCCN1. The van der Waals surface area contributed by atoms with Crippen LogP contribution in [-0.2, 0) is 11.3 Å². The van der Waals surface area contributed by atoms with Gasteiger partial charge in [-0.05, 0) is 37.1 Å². The Morgan fingerprint density at radius 3 is 3.05 bits per heavy atom. The van der Waals surface area contributed by atoms with Gasteiger partial charge in [-0.15, -0.1) is 0 Å². The number of halogens is 2. The molecule has 2 rings (SSSR count). The van der Waals surface area contributed by atoms with Crippen LogP contribution in [0.2, 0.25) is 0 Å². The van der Waals surface area contributed by atoms with Gasteiger partial charge in [-0.1, -0.05) is 12.1 Å². The van der Waals surface area contributed by atoms with E-state index >= 15 is 0 Å². The first-order chi connectivity index (χ1) is 9.65. The standard InChI is InChI=1S/C14H18F2N2O2/c15-13(16)9-20-11-4-1-3-10(7-11)8-18-14(19)12-5-2-6-17-12/h1,3-4,7,12-13,17H,2,5-6,8-9H2,(H,18,19).